The van der Waals surface area contributed by atoms with Crippen molar-refractivity contribution in [3.8, 4) is 11.8 Å². The maximum Gasteiger partial charge on any atom is 0.412 e. The third-order valence-electron chi connectivity index (χ3n) is 3.64. The van der Waals surface area contributed by atoms with E-state index < -0.39 is 6.09 Å². The molecule has 0 bridgehead atoms. The van der Waals surface area contributed by atoms with Crippen molar-refractivity contribution < 1.29 is 18.4 Å². The van der Waals surface area contributed by atoms with Crippen LogP contribution in [0.5, 0.6) is 0 Å². The van der Waals surface area contributed by atoms with Crippen molar-refractivity contribution in [2.75, 3.05) is 32.0 Å². The van der Waals surface area contributed by atoms with Gasteiger partial charge < -0.3 is 9.22 Å². The summed E-state index contributed by atoms with van der Waals surface area (Å²) in [7, 11) is 2.12. The minimum atomic E-state index is -0.498. The minimum Gasteiger partial charge on any atom is -0.440 e. The predicted octanol–water partition coefficient (Wildman–Crippen LogP) is 2.62. The van der Waals surface area contributed by atoms with Crippen LogP contribution in [0.4, 0.5) is 14.9 Å². The van der Waals surface area contributed by atoms with Gasteiger partial charge in [-0.1, -0.05) is 0 Å². The van der Waals surface area contributed by atoms with Crippen molar-refractivity contribution in [2.24, 2.45) is 0 Å². The zero-order valence-corrected chi connectivity index (χ0v) is 12.4. The lowest BCUT2D eigenvalue weighted by molar-refractivity contribution is -0.891. The smallest absolute Gasteiger partial charge is 0.412 e. The number of amides is 1. The molecule has 112 valence electrons. The number of quaternary nitrogens is 1. The summed E-state index contributed by atoms with van der Waals surface area (Å²) in [4.78, 5) is 11.8. The van der Waals surface area contributed by atoms with Crippen LogP contribution in [0.2, 0.25) is 0 Å². The van der Waals surface area contributed by atoms with Gasteiger partial charge in [0.05, 0.1) is 13.6 Å². The highest BCUT2D eigenvalue weighted by Crippen LogP contribution is 2.20. The minimum absolute atomic E-state index is 0.103. The normalized spacial score (nSPS) is 24.0. The van der Waals surface area contributed by atoms with E-state index in [2.05, 4.69) is 24.2 Å². The Balaban J connectivity index is 1.83. The Bertz CT molecular complexity index is 562. The Hall–Kier alpha value is -2.06. The molecule has 21 heavy (non-hydrogen) atoms. The number of benzene rings is 1. The van der Waals surface area contributed by atoms with Gasteiger partial charge in [-0.3, -0.25) is 5.32 Å². The number of likely N-dealkylation sites (N-methyl/N-ethyl adjacent to an activating group) is 1. The molecule has 2 unspecified atom stereocenters. The molecular formula is C16H20FN2O2+. The molecule has 0 spiro atoms. The van der Waals surface area contributed by atoms with Gasteiger partial charge in [0.25, 0.3) is 0 Å². The fourth-order valence-electron chi connectivity index (χ4n) is 2.47. The number of nitrogens with one attached hydrogen (secondary N) is 1. The molecule has 1 aliphatic heterocycles. The van der Waals surface area contributed by atoms with E-state index in [1.807, 2.05) is 6.92 Å². The third-order valence-corrected chi connectivity index (χ3v) is 3.64. The molecule has 0 radical (unpaired) electrons. The summed E-state index contributed by atoms with van der Waals surface area (Å²) in [6, 6.07) is 5.59. The van der Waals surface area contributed by atoms with E-state index >= 15 is 0 Å². The Morgan fingerprint density at radius 3 is 2.86 bits per heavy atom. The number of likely N-dealkylation sites (tertiary alicyclic amines) is 1. The predicted molar refractivity (Wildman–Crippen MR) is 79.1 cm³/mol. The van der Waals surface area contributed by atoms with Crippen LogP contribution in [0.15, 0.2) is 24.3 Å². The summed E-state index contributed by atoms with van der Waals surface area (Å²) in [5.74, 6) is 5.64. The molecular weight excluding hydrogens is 271 g/mol. The van der Waals surface area contributed by atoms with Gasteiger partial charge in [-0.05, 0) is 37.1 Å². The summed E-state index contributed by atoms with van der Waals surface area (Å²) in [5, 5.41) is 2.60. The lowest BCUT2D eigenvalue weighted by atomic mass is 10.3. The third kappa shape index (κ3) is 4.47. The van der Waals surface area contributed by atoms with Crippen LogP contribution in [0.1, 0.15) is 13.3 Å². The molecule has 0 saturated carbocycles. The summed E-state index contributed by atoms with van der Waals surface area (Å²) < 4.78 is 19.0. The number of halogens is 1. The van der Waals surface area contributed by atoms with E-state index in [1.54, 1.807) is 0 Å². The summed E-state index contributed by atoms with van der Waals surface area (Å²) in [6.07, 6.45) is 0.231. The van der Waals surface area contributed by atoms with Crippen molar-refractivity contribution in [1.29, 1.82) is 0 Å². The molecule has 2 atom stereocenters. The van der Waals surface area contributed by atoms with Crippen LogP contribution in [0, 0.1) is 17.7 Å². The molecule has 1 aromatic carbocycles. The van der Waals surface area contributed by atoms with Crippen LogP contribution in [0.25, 0.3) is 0 Å². The Morgan fingerprint density at radius 1 is 1.48 bits per heavy atom. The molecule has 1 saturated heterocycles. The maximum atomic E-state index is 12.8. The number of nitrogens with zero attached hydrogens (tertiary/aromatic N) is 1. The van der Waals surface area contributed by atoms with Crippen LogP contribution < -0.4 is 5.32 Å². The van der Waals surface area contributed by atoms with Crippen molar-refractivity contribution in [2.45, 2.75) is 19.4 Å². The van der Waals surface area contributed by atoms with Crippen LogP contribution in [-0.2, 0) is 4.74 Å². The van der Waals surface area contributed by atoms with E-state index in [4.69, 9.17) is 4.74 Å². The Kier molecular flexibility index (Phi) is 4.81. The average molecular weight is 291 g/mol. The molecule has 2 rings (SSSR count). The second-order valence-corrected chi connectivity index (χ2v) is 5.56. The van der Waals surface area contributed by atoms with E-state index in [0.717, 1.165) is 30.5 Å². The SMILES string of the molecule is CC#CC[N+]1(C)CCC(OC(=O)Nc2ccc(F)cc2)C1. The topological polar surface area (TPSA) is 38.3 Å². The number of hydrogen-bond donors (Lipinski definition) is 1. The zero-order chi connectivity index (χ0) is 15.3. The lowest BCUT2D eigenvalue weighted by Crippen LogP contribution is -2.43. The van der Waals surface area contributed by atoms with Crippen LogP contribution in [0.3, 0.4) is 0 Å². The van der Waals surface area contributed by atoms with Gasteiger partial charge in [0.15, 0.2) is 6.10 Å². The van der Waals surface area contributed by atoms with Gasteiger partial charge in [0, 0.05) is 12.1 Å². The van der Waals surface area contributed by atoms with Gasteiger partial charge in [-0.25, -0.2) is 9.18 Å². The molecule has 0 aromatic heterocycles. The van der Waals surface area contributed by atoms with Crippen LogP contribution in [-0.4, -0.2) is 43.4 Å². The molecule has 1 fully saturated rings. The van der Waals surface area contributed by atoms with Gasteiger partial charge in [0.1, 0.15) is 18.9 Å². The highest BCUT2D eigenvalue weighted by molar-refractivity contribution is 5.84. The summed E-state index contributed by atoms with van der Waals surface area (Å²) in [5.41, 5.74) is 0.522. The molecule has 5 heteroatoms. The highest BCUT2D eigenvalue weighted by Gasteiger charge is 2.36. The first kappa shape index (κ1) is 15.3. The fraction of sp³-hybridized carbons (Fsp3) is 0.438. The van der Waals surface area contributed by atoms with Crippen LogP contribution >= 0.6 is 0 Å². The number of carbonyl (C=O) groups is 1. The quantitative estimate of drug-likeness (QED) is 0.687. The van der Waals surface area contributed by atoms with Gasteiger partial charge in [-0.2, -0.15) is 0 Å². The first-order valence-corrected chi connectivity index (χ1v) is 6.97. The summed E-state index contributed by atoms with van der Waals surface area (Å²) in [6.45, 7) is 4.32. The first-order chi connectivity index (χ1) is 10.0. The van der Waals surface area contributed by atoms with Crippen molar-refractivity contribution >= 4 is 11.8 Å². The lowest BCUT2D eigenvalue weighted by Gasteiger charge is -2.26. The number of ether oxygens (including phenoxy) is 1. The molecule has 1 aliphatic rings. The second kappa shape index (κ2) is 6.59. The van der Waals surface area contributed by atoms with Gasteiger partial charge in [0.2, 0.25) is 0 Å². The monoisotopic (exact) mass is 291 g/mol. The molecule has 1 N–H and O–H groups in total. The number of hydrogen-bond acceptors (Lipinski definition) is 2. The molecule has 1 aromatic rings. The largest absolute Gasteiger partial charge is 0.440 e. The highest BCUT2D eigenvalue weighted by atomic mass is 19.1. The van der Waals surface area contributed by atoms with Gasteiger partial charge >= 0.3 is 6.09 Å². The number of anilines is 1. The molecule has 1 amide bonds. The summed E-state index contributed by atoms with van der Waals surface area (Å²) >= 11 is 0. The van der Waals surface area contributed by atoms with Crippen molar-refractivity contribution in [3.63, 3.8) is 0 Å². The number of carbonyl (C=O) groups excluding carboxylic acids is 1. The second-order valence-electron chi connectivity index (χ2n) is 5.56. The Labute approximate surface area is 124 Å². The molecule has 1 heterocycles. The average Bonchev–Trinajstić information content (AvgIpc) is 2.81. The standard InChI is InChI=1S/C16H19FN2O2/c1-3-4-10-19(2)11-9-15(12-19)21-16(20)18-14-7-5-13(17)6-8-14/h5-8,15H,9-12H2,1-2H3/p+1. The maximum absolute atomic E-state index is 12.8. The van der Waals surface area contributed by atoms with Crippen molar-refractivity contribution in [1.82, 2.24) is 0 Å². The Morgan fingerprint density at radius 2 is 2.19 bits per heavy atom. The van der Waals surface area contributed by atoms with E-state index in [0.29, 0.717) is 5.69 Å². The molecule has 0 aliphatic carbocycles. The van der Waals surface area contributed by atoms with E-state index in [-0.39, 0.29) is 11.9 Å². The first-order valence-electron chi connectivity index (χ1n) is 6.97. The molecule has 4 nitrogen and oxygen atoms in total. The van der Waals surface area contributed by atoms with E-state index in [9.17, 15) is 9.18 Å². The zero-order valence-electron chi connectivity index (χ0n) is 12.4. The van der Waals surface area contributed by atoms with E-state index in [1.165, 1.54) is 24.3 Å². The number of rotatable bonds is 3. The van der Waals surface area contributed by atoms with Gasteiger partial charge in [-0.15, -0.1) is 5.92 Å². The fourth-order valence-corrected chi connectivity index (χ4v) is 2.47. The van der Waals surface area contributed by atoms with Crippen molar-refractivity contribution in [3.05, 3.63) is 30.1 Å².